The topological polar surface area (TPSA) is 93.2 Å². The van der Waals surface area contributed by atoms with Gasteiger partial charge in [-0.1, -0.05) is 12.1 Å². The molecular formula is C11H8N4O2. The molecule has 0 aliphatic rings. The molecule has 0 bridgehead atoms. The summed E-state index contributed by atoms with van der Waals surface area (Å²) in [6.45, 7) is 0. The fraction of sp³-hybridized carbons (Fsp3) is 0. The van der Waals surface area contributed by atoms with E-state index in [-0.39, 0.29) is 11.3 Å². The van der Waals surface area contributed by atoms with Crippen LogP contribution in [0.25, 0.3) is 16.6 Å². The second kappa shape index (κ2) is 3.18. The number of benzene rings is 1. The lowest BCUT2D eigenvalue weighted by molar-refractivity contribution is 0.0995. The molecule has 0 fully saturated rings. The highest BCUT2D eigenvalue weighted by atomic mass is 16.1. The van der Waals surface area contributed by atoms with E-state index in [1.807, 2.05) is 0 Å². The fourth-order valence-electron chi connectivity index (χ4n) is 1.76. The molecule has 0 atom stereocenters. The summed E-state index contributed by atoms with van der Waals surface area (Å²) in [5, 5.41) is 3.11. The van der Waals surface area contributed by atoms with Crippen molar-refractivity contribution in [2.75, 3.05) is 0 Å². The Morgan fingerprint density at radius 2 is 2.12 bits per heavy atom. The lowest BCUT2D eigenvalue weighted by Crippen LogP contribution is -2.17. The van der Waals surface area contributed by atoms with Crippen LogP contribution in [0.3, 0.4) is 0 Å². The van der Waals surface area contributed by atoms with Crippen LogP contribution in [0.1, 0.15) is 10.5 Å². The van der Waals surface area contributed by atoms with Gasteiger partial charge < -0.3 is 5.73 Å². The number of nitrogens with one attached hydrogen (secondary N) is 1. The van der Waals surface area contributed by atoms with Gasteiger partial charge in [-0.2, -0.15) is 0 Å². The van der Waals surface area contributed by atoms with E-state index in [1.165, 1.54) is 10.6 Å². The van der Waals surface area contributed by atoms with Gasteiger partial charge in [-0.25, -0.2) is 9.50 Å². The van der Waals surface area contributed by atoms with Gasteiger partial charge in [0.2, 0.25) is 0 Å². The smallest absolute Gasteiger partial charge is 0.280 e. The highest BCUT2D eigenvalue weighted by molar-refractivity contribution is 5.92. The third-order valence-corrected chi connectivity index (χ3v) is 2.57. The maximum atomic E-state index is 12.1. The van der Waals surface area contributed by atoms with E-state index in [4.69, 9.17) is 5.73 Å². The number of nitrogens with zero attached hydrogens (tertiary/aromatic N) is 2. The van der Waals surface area contributed by atoms with Gasteiger partial charge in [0.15, 0.2) is 5.65 Å². The highest BCUT2D eigenvalue weighted by Crippen LogP contribution is 2.09. The maximum Gasteiger partial charge on any atom is 0.280 e. The number of aromatic amines is 1. The van der Waals surface area contributed by atoms with Crippen LogP contribution >= 0.6 is 0 Å². The summed E-state index contributed by atoms with van der Waals surface area (Å²) in [4.78, 5) is 27.4. The van der Waals surface area contributed by atoms with Gasteiger partial charge >= 0.3 is 0 Å². The first-order valence-corrected chi connectivity index (χ1v) is 4.97. The van der Waals surface area contributed by atoms with Gasteiger partial charge in [0, 0.05) is 6.07 Å². The molecule has 1 amide bonds. The standard InChI is InChI=1S/C11H8N4O2/c12-10(16)8-5-9-13-7-4-2-1-3-6(7)11(17)15(9)14-8/h1-5,14H,(H2,12,16). The lowest BCUT2D eigenvalue weighted by atomic mass is 10.2. The molecule has 0 radical (unpaired) electrons. The lowest BCUT2D eigenvalue weighted by Gasteiger charge is -1.97. The van der Waals surface area contributed by atoms with E-state index < -0.39 is 5.91 Å². The highest BCUT2D eigenvalue weighted by Gasteiger charge is 2.10. The van der Waals surface area contributed by atoms with Crippen LogP contribution in [-0.4, -0.2) is 20.5 Å². The average molecular weight is 228 g/mol. The SMILES string of the molecule is NC(=O)c1cc2nc3ccccc3c(=O)n2[nH]1. The number of carbonyl (C=O) groups is 1. The normalized spacial score (nSPS) is 11.1. The molecule has 0 saturated carbocycles. The molecule has 0 aliphatic heterocycles. The Kier molecular flexibility index (Phi) is 1.79. The molecule has 0 saturated heterocycles. The summed E-state index contributed by atoms with van der Waals surface area (Å²) >= 11 is 0. The molecule has 2 heterocycles. The fourth-order valence-corrected chi connectivity index (χ4v) is 1.76. The van der Waals surface area contributed by atoms with Crippen LogP contribution < -0.4 is 11.3 Å². The van der Waals surface area contributed by atoms with E-state index in [0.29, 0.717) is 16.6 Å². The predicted molar refractivity (Wildman–Crippen MR) is 61.8 cm³/mol. The number of amides is 1. The van der Waals surface area contributed by atoms with Crippen LogP contribution in [0, 0.1) is 0 Å². The molecule has 6 heteroatoms. The summed E-state index contributed by atoms with van der Waals surface area (Å²) in [5.74, 6) is -0.626. The van der Waals surface area contributed by atoms with E-state index >= 15 is 0 Å². The van der Waals surface area contributed by atoms with Gasteiger partial charge in [-0.3, -0.25) is 14.7 Å². The number of para-hydroxylation sites is 1. The van der Waals surface area contributed by atoms with Crippen molar-refractivity contribution in [3.8, 4) is 0 Å². The van der Waals surface area contributed by atoms with Crippen molar-refractivity contribution in [2.45, 2.75) is 0 Å². The van der Waals surface area contributed by atoms with Crippen LogP contribution in [-0.2, 0) is 0 Å². The molecule has 2 aromatic heterocycles. The quantitative estimate of drug-likeness (QED) is 0.626. The number of hydrogen-bond acceptors (Lipinski definition) is 3. The first-order chi connectivity index (χ1) is 8.16. The summed E-state index contributed by atoms with van der Waals surface area (Å²) in [5.41, 5.74) is 6.01. The van der Waals surface area contributed by atoms with E-state index in [1.54, 1.807) is 24.3 Å². The Morgan fingerprint density at radius 1 is 1.35 bits per heavy atom. The monoisotopic (exact) mass is 228 g/mol. The van der Waals surface area contributed by atoms with Crippen LogP contribution in [0.4, 0.5) is 0 Å². The molecule has 3 aromatic rings. The number of hydrogen-bond donors (Lipinski definition) is 2. The van der Waals surface area contributed by atoms with Crippen LogP contribution in [0.2, 0.25) is 0 Å². The third kappa shape index (κ3) is 1.31. The summed E-state index contributed by atoms with van der Waals surface area (Å²) in [6.07, 6.45) is 0. The molecule has 0 aliphatic carbocycles. The molecular weight excluding hydrogens is 220 g/mol. The van der Waals surface area contributed by atoms with Crippen molar-refractivity contribution in [3.63, 3.8) is 0 Å². The maximum absolute atomic E-state index is 12.1. The van der Waals surface area contributed by atoms with Gasteiger partial charge in [-0.15, -0.1) is 0 Å². The zero-order chi connectivity index (χ0) is 12.0. The molecule has 84 valence electrons. The average Bonchev–Trinajstić information content (AvgIpc) is 2.74. The Labute approximate surface area is 94.7 Å². The number of H-pyrrole nitrogens is 1. The summed E-state index contributed by atoms with van der Waals surface area (Å²) in [6, 6.07) is 8.44. The number of nitrogens with two attached hydrogens (primary N) is 1. The Hall–Kier alpha value is -2.63. The Balaban J connectivity index is 2.51. The minimum Gasteiger partial charge on any atom is -0.364 e. The summed E-state index contributed by atoms with van der Waals surface area (Å²) < 4.78 is 1.21. The predicted octanol–water partition coefficient (Wildman–Crippen LogP) is 0.275. The zero-order valence-corrected chi connectivity index (χ0v) is 8.68. The molecule has 3 N–H and O–H groups in total. The number of carbonyl (C=O) groups excluding carboxylic acids is 1. The zero-order valence-electron chi connectivity index (χ0n) is 8.68. The first kappa shape index (κ1) is 9.59. The van der Waals surface area contributed by atoms with Crippen molar-refractivity contribution >= 4 is 22.5 Å². The van der Waals surface area contributed by atoms with Gasteiger partial charge in [-0.05, 0) is 12.1 Å². The molecule has 1 aromatic carbocycles. The molecule has 0 unspecified atom stereocenters. The minimum absolute atomic E-state index is 0.157. The van der Waals surface area contributed by atoms with Crippen molar-refractivity contribution < 1.29 is 4.79 Å². The second-order valence-electron chi connectivity index (χ2n) is 3.66. The van der Waals surface area contributed by atoms with Crippen molar-refractivity contribution in [2.24, 2.45) is 5.73 Å². The number of fused-ring (bicyclic) bond motifs is 2. The largest absolute Gasteiger partial charge is 0.364 e. The second-order valence-corrected chi connectivity index (χ2v) is 3.66. The number of aromatic nitrogens is 3. The van der Waals surface area contributed by atoms with E-state index in [0.717, 1.165) is 0 Å². The minimum atomic E-state index is -0.626. The van der Waals surface area contributed by atoms with E-state index in [9.17, 15) is 9.59 Å². The molecule has 3 rings (SSSR count). The van der Waals surface area contributed by atoms with Gasteiger partial charge in [0.25, 0.3) is 11.5 Å². The van der Waals surface area contributed by atoms with Gasteiger partial charge in [0.05, 0.1) is 10.9 Å². The van der Waals surface area contributed by atoms with Crippen molar-refractivity contribution in [1.29, 1.82) is 0 Å². The Bertz CT molecular complexity index is 800. The molecule has 0 spiro atoms. The van der Waals surface area contributed by atoms with Crippen LogP contribution in [0.5, 0.6) is 0 Å². The molecule has 6 nitrogen and oxygen atoms in total. The van der Waals surface area contributed by atoms with Crippen molar-refractivity contribution in [1.82, 2.24) is 14.6 Å². The van der Waals surface area contributed by atoms with Gasteiger partial charge in [0.1, 0.15) is 5.69 Å². The first-order valence-electron chi connectivity index (χ1n) is 4.97. The summed E-state index contributed by atoms with van der Waals surface area (Å²) in [7, 11) is 0. The Morgan fingerprint density at radius 3 is 2.88 bits per heavy atom. The van der Waals surface area contributed by atoms with Crippen LogP contribution in [0.15, 0.2) is 35.1 Å². The van der Waals surface area contributed by atoms with E-state index in [2.05, 4.69) is 10.1 Å². The third-order valence-electron chi connectivity index (χ3n) is 2.57. The number of rotatable bonds is 1. The van der Waals surface area contributed by atoms with Crippen molar-refractivity contribution in [3.05, 3.63) is 46.4 Å². The molecule has 17 heavy (non-hydrogen) atoms. The number of primary amides is 1.